The lowest BCUT2D eigenvalue weighted by Gasteiger charge is -2.16. The number of rotatable bonds is 3. The highest BCUT2D eigenvalue weighted by molar-refractivity contribution is 7.71. The van der Waals surface area contributed by atoms with Gasteiger partial charge in [0.1, 0.15) is 5.82 Å². The van der Waals surface area contributed by atoms with Gasteiger partial charge in [0, 0.05) is 6.21 Å². The monoisotopic (exact) mass is 304 g/mol. The third-order valence-electron chi connectivity index (χ3n) is 3.81. The van der Waals surface area contributed by atoms with Crippen LogP contribution in [0.4, 0.5) is 4.39 Å². The summed E-state index contributed by atoms with van der Waals surface area (Å²) in [4.78, 5) is 0. The summed E-state index contributed by atoms with van der Waals surface area (Å²) in [6, 6.07) is 6.50. The number of halogens is 1. The minimum absolute atomic E-state index is 0.333. The predicted octanol–water partition coefficient (Wildman–Crippen LogP) is 4.16. The van der Waals surface area contributed by atoms with E-state index in [0.717, 1.165) is 12.8 Å². The van der Waals surface area contributed by atoms with Gasteiger partial charge in [0.25, 0.3) is 0 Å². The standard InChI is InChI=1S/C15H17FN4S/c16-13-9-5-4-8-12(13)14-18-19-15(21)20(14)17-10-11-6-2-1-3-7-11/h4-5,8-11H,1-3,6-7H2,(H,19,21)/b17-10-. The molecular weight excluding hydrogens is 287 g/mol. The van der Waals surface area contributed by atoms with Crippen LogP contribution in [0, 0.1) is 16.5 Å². The van der Waals surface area contributed by atoms with Crippen LogP contribution in [0.5, 0.6) is 0 Å². The predicted molar refractivity (Wildman–Crippen MR) is 83.3 cm³/mol. The van der Waals surface area contributed by atoms with Crippen molar-refractivity contribution in [2.24, 2.45) is 11.0 Å². The summed E-state index contributed by atoms with van der Waals surface area (Å²) in [5.41, 5.74) is 0.394. The van der Waals surface area contributed by atoms with E-state index in [1.807, 2.05) is 6.21 Å². The summed E-state index contributed by atoms with van der Waals surface area (Å²) >= 11 is 5.19. The van der Waals surface area contributed by atoms with Gasteiger partial charge in [-0.3, -0.25) is 0 Å². The minimum atomic E-state index is -0.333. The zero-order valence-electron chi connectivity index (χ0n) is 11.6. The Morgan fingerprint density at radius 2 is 2.05 bits per heavy atom. The SMILES string of the molecule is Fc1ccccc1-c1n[nH]c(=S)n1/N=C\C1CCCCC1. The largest absolute Gasteiger partial charge is 0.250 e. The molecule has 0 unspecified atom stereocenters. The van der Waals surface area contributed by atoms with E-state index in [-0.39, 0.29) is 5.82 Å². The van der Waals surface area contributed by atoms with E-state index in [2.05, 4.69) is 15.3 Å². The first-order valence-corrected chi connectivity index (χ1v) is 7.63. The van der Waals surface area contributed by atoms with Crippen LogP contribution in [-0.2, 0) is 0 Å². The summed E-state index contributed by atoms with van der Waals surface area (Å²) in [6.07, 6.45) is 8.03. The molecule has 110 valence electrons. The van der Waals surface area contributed by atoms with E-state index >= 15 is 0 Å². The van der Waals surface area contributed by atoms with Crippen LogP contribution in [0.15, 0.2) is 29.4 Å². The van der Waals surface area contributed by atoms with Gasteiger partial charge in [0.15, 0.2) is 5.82 Å². The molecule has 0 bridgehead atoms. The molecule has 1 heterocycles. The van der Waals surface area contributed by atoms with Crippen molar-refractivity contribution >= 4 is 18.4 Å². The quantitative estimate of drug-likeness (QED) is 0.683. The average Bonchev–Trinajstić information content (AvgIpc) is 2.88. The van der Waals surface area contributed by atoms with Gasteiger partial charge in [-0.2, -0.15) is 14.9 Å². The number of benzene rings is 1. The second kappa shape index (κ2) is 6.30. The zero-order valence-corrected chi connectivity index (χ0v) is 12.4. The van der Waals surface area contributed by atoms with Crippen molar-refractivity contribution in [2.45, 2.75) is 32.1 Å². The van der Waals surface area contributed by atoms with E-state index in [4.69, 9.17) is 12.2 Å². The smallest absolute Gasteiger partial charge is 0.216 e. The molecule has 1 aromatic heterocycles. The van der Waals surface area contributed by atoms with Gasteiger partial charge in [-0.25, -0.2) is 9.49 Å². The van der Waals surface area contributed by atoms with Gasteiger partial charge in [0.2, 0.25) is 4.77 Å². The Balaban J connectivity index is 1.92. The van der Waals surface area contributed by atoms with E-state index in [1.54, 1.807) is 18.2 Å². The summed E-state index contributed by atoms with van der Waals surface area (Å²) in [5.74, 6) is 0.551. The molecule has 21 heavy (non-hydrogen) atoms. The molecule has 1 aromatic carbocycles. The van der Waals surface area contributed by atoms with Crippen LogP contribution in [0.2, 0.25) is 0 Å². The molecule has 2 aromatic rings. The Bertz CT molecular complexity index is 698. The van der Waals surface area contributed by atoms with Gasteiger partial charge in [-0.1, -0.05) is 31.4 Å². The van der Waals surface area contributed by atoms with E-state index in [9.17, 15) is 4.39 Å². The highest BCUT2D eigenvalue weighted by Gasteiger charge is 2.14. The highest BCUT2D eigenvalue weighted by atomic mass is 32.1. The molecule has 1 saturated carbocycles. The van der Waals surface area contributed by atoms with Crippen LogP contribution in [0.25, 0.3) is 11.4 Å². The zero-order chi connectivity index (χ0) is 14.7. The Kier molecular flexibility index (Phi) is 4.24. The molecule has 0 aliphatic heterocycles. The Labute approximate surface area is 127 Å². The first kappa shape index (κ1) is 14.1. The lowest BCUT2D eigenvalue weighted by molar-refractivity contribution is 0.443. The first-order valence-electron chi connectivity index (χ1n) is 7.22. The maximum absolute atomic E-state index is 13.9. The average molecular weight is 304 g/mol. The molecule has 3 rings (SSSR count). The number of nitrogens with one attached hydrogen (secondary N) is 1. The molecular formula is C15H17FN4S. The molecule has 0 atom stereocenters. The fourth-order valence-electron chi connectivity index (χ4n) is 2.66. The van der Waals surface area contributed by atoms with Crippen molar-refractivity contribution in [3.05, 3.63) is 34.9 Å². The first-order chi connectivity index (χ1) is 10.3. The van der Waals surface area contributed by atoms with Gasteiger partial charge in [0.05, 0.1) is 5.56 Å². The second-order valence-electron chi connectivity index (χ2n) is 5.31. The van der Waals surface area contributed by atoms with Crippen LogP contribution in [0.1, 0.15) is 32.1 Å². The highest BCUT2D eigenvalue weighted by Crippen LogP contribution is 2.23. The molecule has 0 saturated heterocycles. The van der Waals surface area contributed by atoms with Crippen molar-refractivity contribution in [2.75, 3.05) is 0 Å². The number of hydrogen-bond acceptors (Lipinski definition) is 3. The third kappa shape index (κ3) is 3.10. The third-order valence-corrected chi connectivity index (χ3v) is 4.07. The topological polar surface area (TPSA) is 46.0 Å². The van der Waals surface area contributed by atoms with Crippen molar-refractivity contribution in [1.29, 1.82) is 0 Å². The number of nitrogens with zero attached hydrogens (tertiary/aromatic N) is 3. The summed E-state index contributed by atoms with van der Waals surface area (Å²) < 4.78 is 15.8. The van der Waals surface area contributed by atoms with Gasteiger partial charge < -0.3 is 0 Å². The van der Waals surface area contributed by atoms with Crippen LogP contribution >= 0.6 is 12.2 Å². The molecule has 1 fully saturated rings. The molecule has 1 aliphatic carbocycles. The lowest BCUT2D eigenvalue weighted by Crippen LogP contribution is -2.08. The maximum atomic E-state index is 13.9. The molecule has 1 aliphatic rings. The fourth-order valence-corrected chi connectivity index (χ4v) is 2.84. The van der Waals surface area contributed by atoms with Gasteiger partial charge in [-0.15, -0.1) is 0 Å². The lowest BCUT2D eigenvalue weighted by atomic mass is 9.90. The number of aromatic nitrogens is 3. The number of H-pyrrole nitrogens is 1. The number of aromatic amines is 1. The van der Waals surface area contributed by atoms with Crippen molar-refractivity contribution < 1.29 is 4.39 Å². The van der Waals surface area contributed by atoms with Crippen molar-refractivity contribution in [1.82, 2.24) is 14.9 Å². The van der Waals surface area contributed by atoms with Crippen molar-refractivity contribution in [3.63, 3.8) is 0 Å². The van der Waals surface area contributed by atoms with E-state index < -0.39 is 0 Å². The second-order valence-corrected chi connectivity index (χ2v) is 5.69. The molecule has 0 radical (unpaired) electrons. The minimum Gasteiger partial charge on any atom is -0.250 e. The van der Waals surface area contributed by atoms with Crippen molar-refractivity contribution in [3.8, 4) is 11.4 Å². The van der Waals surface area contributed by atoms with Crippen LogP contribution < -0.4 is 0 Å². The van der Waals surface area contributed by atoms with E-state index in [0.29, 0.717) is 22.1 Å². The summed E-state index contributed by atoms with van der Waals surface area (Å²) in [6.45, 7) is 0. The molecule has 0 spiro atoms. The number of hydrogen-bond donors (Lipinski definition) is 1. The maximum Gasteiger partial charge on any atom is 0.216 e. The molecule has 0 amide bonds. The molecule has 4 nitrogen and oxygen atoms in total. The summed E-state index contributed by atoms with van der Waals surface area (Å²) in [5, 5.41) is 11.2. The van der Waals surface area contributed by atoms with Gasteiger partial charge >= 0.3 is 0 Å². The Hall–Kier alpha value is -1.82. The van der Waals surface area contributed by atoms with Crippen LogP contribution in [0.3, 0.4) is 0 Å². The Morgan fingerprint density at radius 1 is 1.29 bits per heavy atom. The fraction of sp³-hybridized carbons (Fsp3) is 0.400. The van der Waals surface area contributed by atoms with Crippen LogP contribution in [-0.4, -0.2) is 21.1 Å². The summed E-state index contributed by atoms with van der Waals surface area (Å²) in [7, 11) is 0. The normalized spacial score (nSPS) is 16.6. The van der Waals surface area contributed by atoms with E-state index in [1.165, 1.54) is 30.0 Å². The molecule has 6 heteroatoms. The molecule has 1 N–H and O–H groups in total. The Morgan fingerprint density at radius 3 is 2.81 bits per heavy atom. The van der Waals surface area contributed by atoms with Gasteiger partial charge in [-0.05, 0) is 43.1 Å².